The van der Waals surface area contributed by atoms with E-state index in [0.29, 0.717) is 5.92 Å². The van der Waals surface area contributed by atoms with Crippen LogP contribution in [0.3, 0.4) is 0 Å². The van der Waals surface area contributed by atoms with Gasteiger partial charge in [0.05, 0.1) is 17.4 Å². The average Bonchev–Trinajstić information content (AvgIpc) is 2.56. The summed E-state index contributed by atoms with van der Waals surface area (Å²) in [6.45, 7) is 5.63. The van der Waals surface area contributed by atoms with Crippen molar-refractivity contribution in [2.75, 3.05) is 6.54 Å². The molecule has 3 nitrogen and oxygen atoms in total. The molecule has 1 aliphatic rings. The molecule has 1 aliphatic heterocycles. The van der Waals surface area contributed by atoms with E-state index in [2.05, 4.69) is 29.1 Å². The minimum Gasteiger partial charge on any atom is -0.306 e. The SMILES string of the molecule is CC(C)C1(c2cnccn2)CCCCCN1. The Morgan fingerprint density at radius 3 is 2.81 bits per heavy atom. The molecule has 3 heteroatoms. The van der Waals surface area contributed by atoms with E-state index in [0.717, 1.165) is 12.2 Å². The molecule has 2 rings (SSSR count). The van der Waals surface area contributed by atoms with E-state index in [1.807, 2.05) is 6.20 Å². The summed E-state index contributed by atoms with van der Waals surface area (Å²) < 4.78 is 0. The smallest absolute Gasteiger partial charge is 0.0790 e. The predicted molar refractivity (Wildman–Crippen MR) is 65.0 cm³/mol. The average molecular weight is 219 g/mol. The van der Waals surface area contributed by atoms with Crippen LogP contribution in [0.1, 0.15) is 45.2 Å². The van der Waals surface area contributed by atoms with Crippen molar-refractivity contribution >= 4 is 0 Å². The van der Waals surface area contributed by atoms with Crippen LogP contribution in [0.25, 0.3) is 0 Å². The van der Waals surface area contributed by atoms with Crippen LogP contribution in [0.5, 0.6) is 0 Å². The van der Waals surface area contributed by atoms with Crippen LogP contribution in [0.15, 0.2) is 18.6 Å². The maximum atomic E-state index is 4.51. The molecule has 1 atom stereocenters. The molecule has 0 radical (unpaired) electrons. The van der Waals surface area contributed by atoms with Gasteiger partial charge in [-0.3, -0.25) is 9.97 Å². The van der Waals surface area contributed by atoms with E-state index in [-0.39, 0.29) is 5.54 Å². The molecule has 0 aromatic carbocycles. The fourth-order valence-corrected chi connectivity index (χ4v) is 2.64. The van der Waals surface area contributed by atoms with Crippen molar-refractivity contribution in [2.45, 2.75) is 45.1 Å². The van der Waals surface area contributed by atoms with Gasteiger partial charge in [-0.05, 0) is 25.3 Å². The van der Waals surface area contributed by atoms with Crippen LogP contribution in [-0.2, 0) is 5.54 Å². The molecule has 88 valence electrons. The molecule has 1 aromatic heterocycles. The van der Waals surface area contributed by atoms with Crippen LogP contribution in [-0.4, -0.2) is 16.5 Å². The molecule has 1 saturated heterocycles. The van der Waals surface area contributed by atoms with Gasteiger partial charge < -0.3 is 5.32 Å². The molecule has 0 aliphatic carbocycles. The van der Waals surface area contributed by atoms with Gasteiger partial charge in [0.1, 0.15) is 0 Å². The third-order valence-electron chi connectivity index (χ3n) is 3.69. The molecular weight excluding hydrogens is 198 g/mol. The Hall–Kier alpha value is -0.960. The lowest BCUT2D eigenvalue weighted by Crippen LogP contribution is -2.47. The number of rotatable bonds is 2. The van der Waals surface area contributed by atoms with Gasteiger partial charge in [0, 0.05) is 12.4 Å². The minimum atomic E-state index is 0.0325. The number of hydrogen-bond donors (Lipinski definition) is 1. The van der Waals surface area contributed by atoms with Crippen LogP contribution in [0.4, 0.5) is 0 Å². The lowest BCUT2D eigenvalue weighted by atomic mass is 9.80. The molecule has 16 heavy (non-hydrogen) atoms. The van der Waals surface area contributed by atoms with Crippen molar-refractivity contribution in [3.63, 3.8) is 0 Å². The van der Waals surface area contributed by atoms with E-state index >= 15 is 0 Å². The Morgan fingerprint density at radius 1 is 1.25 bits per heavy atom. The first-order chi connectivity index (χ1) is 7.76. The maximum Gasteiger partial charge on any atom is 0.0790 e. The monoisotopic (exact) mass is 219 g/mol. The van der Waals surface area contributed by atoms with Crippen LogP contribution >= 0.6 is 0 Å². The van der Waals surface area contributed by atoms with Crippen LogP contribution in [0, 0.1) is 5.92 Å². The molecule has 2 heterocycles. The van der Waals surface area contributed by atoms with E-state index in [1.165, 1.54) is 25.7 Å². The van der Waals surface area contributed by atoms with Gasteiger partial charge in [-0.1, -0.05) is 26.7 Å². The van der Waals surface area contributed by atoms with Gasteiger partial charge in [-0.25, -0.2) is 0 Å². The van der Waals surface area contributed by atoms with Crippen molar-refractivity contribution < 1.29 is 0 Å². The second-order valence-electron chi connectivity index (χ2n) is 4.95. The largest absolute Gasteiger partial charge is 0.306 e. The fraction of sp³-hybridized carbons (Fsp3) is 0.692. The minimum absolute atomic E-state index is 0.0325. The highest BCUT2D eigenvalue weighted by Crippen LogP contribution is 2.34. The van der Waals surface area contributed by atoms with Crippen molar-refractivity contribution in [1.29, 1.82) is 0 Å². The Bertz CT molecular complexity index is 313. The number of hydrogen-bond acceptors (Lipinski definition) is 3. The first kappa shape index (κ1) is 11.5. The Morgan fingerprint density at radius 2 is 2.12 bits per heavy atom. The van der Waals surface area contributed by atoms with E-state index < -0.39 is 0 Å². The number of aromatic nitrogens is 2. The third-order valence-corrected chi connectivity index (χ3v) is 3.69. The molecule has 1 fully saturated rings. The van der Waals surface area contributed by atoms with Crippen molar-refractivity contribution in [1.82, 2.24) is 15.3 Å². The highest BCUT2D eigenvalue weighted by Gasteiger charge is 2.37. The lowest BCUT2D eigenvalue weighted by Gasteiger charge is -2.37. The molecular formula is C13H21N3. The Labute approximate surface area is 97.7 Å². The quantitative estimate of drug-likeness (QED) is 0.830. The molecule has 0 bridgehead atoms. The van der Waals surface area contributed by atoms with Crippen LogP contribution in [0.2, 0.25) is 0 Å². The summed E-state index contributed by atoms with van der Waals surface area (Å²) in [5, 5.41) is 3.71. The topological polar surface area (TPSA) is 37.8 Å². The molecule has 0 spiro atoms. The molecule has 1 N–H and O–H groups in total. The normalized spacial score (nSPS) is 26.7. The zero-order chi connectivity index (χ0) is 11.4. The summed E-state index contributed by atoms with van der Waals surface area (Å²) in [6.07, 6.45) is 10.5. The Balaban J connectivity index is 2.34. The predicted octanol–water partition coefficient (Wildman–Crippen LogP) is 2.49. The van der Waals surface area contributed by atoms with Gasteiger partial charge in [0.25, 0.3) is 0 Å². The van der Waals surface area contributed by atoms with E-state index in [1.54, 1.807) is 12.4 Å². The molecule has 1 unspecified atom stereocenters. The first-order valence-corrected chi connectivity index (χ1v) is 6.27. The zero-order valence-electron chi connectivity index (χ0n) is 10.2. The number of nitrogens with zero attached hydrogens (tertiary/aromatic N) is 2. The maximum absolute atomic E-state index is 4.51. The molecule has 0 saturated carbocycles. The summed E-state index contributed by atoms with van der Waals surface area (Å²) in [4.78, 5) is 8.73. The molecule has 1 aromatic rings. The Kier molecular flexibility index (Phi) is 3.54. The van der Waals surface area contributed by atoms with Gasteiger partial charge in [-0.2, -0.15) is 0 Å². The standard InChI is InChI=1S/C13H21N3/c1-11(2)13(6-4-3-5-7-16-13)12-10-14-8-9-15-12/h8-11,16H,3-7H2,1-2H3. The van der Waals surface area contributed by atoms with Gasteiger partial charge in [0.2, 0.25) is 0 Å². The highest BCUT2D eigenvalue weighted by molar-refractivity contribution is 5.13. The van der Waals surface area contributed by atoms with Crippen molar-refractivity contribution in [3.05, 3.63) is 24.3 Å². The lowest BCUT2D eigenvalue weighted by molar-refractivity contribution is 0.223. The summed E-state index contributed by atoms with van der Waals surface area (Å²) >= 11 is 0. The number of nitrogens with one attached hydrogen (secondary N) is 1. The zero-order valence-corrected chi connectivity index (χ0v) is 10.2. The fourth-order valence-electron chi connectivity index (χ4n) is 2.64. The van der Waals surface area contributed by atoms with Gasteiger partial charge in [-0.15, -0.1) is 0 Å². The van der Waals surface area contributed by atoms with Gasteiger partial charge >= 0.3 is 0 Å². The molecule has 0 amide bonds. The second-order valence-corrected chi connectivity index (χ2v) is 4.95. The summed E-state index contributed by atoms with van der Waals surface area (Å²) in [5.41, 5.74) is 1.14. The summed E-state index contributed by atoms with van der Waals surface area (Å²) in [5.74, 6) is 0.544. The van der Waals surface area contributed by atoms with E-state index in [4.69, 9.17) is 0 Å². The summed E-state index contributed by atoms with van der Waals surface area (Å²) in [6, 6.07) is 0. The first-order valence-electron chi connectivity index (χ1n) is 6.27. The second kappa shape index (κ2) is 4.91. The van der Waals surface area contributed by atoms with Gasteiger partial charge in [0.15, 0.2) is 0 Å². The third kappa shape index (κ3) is 2.09. The van der Waals surface area contributed by atoms with E-state index in [9.17, 15) is 0 Å². The summed E-state index contributed by atoms with van der Waals surface area (Å²) in [7, 11) is 0. The van der Waals surface area contributed by atoms with Crippen LogP contribution < -0.4 is 5.32 Å². The highest BCUT2D eigenvalue weighted by atomic mass is 15.0. The van der Waals surface area contributed by atoms with Crippen molar-refractivity contribution in [2.24, 2.45) is 5.92 Å². The van der Waals surface area contributed by atoms with Crippen molar-refractivity contribution in [3.8, 4) is 0 Å².